The lowest BCUT2D eigenvalue weighted by atomic mass is 9.59. The number of hydrogen-bond acceptors (Lipinski definition) is 8. The van der Waals surface area contributed by atoms with Crippen molar-refractivity contribution >= 4 is 17.7 Å². The van der Waals surface area contributed by atoms with Crippen LogP contribution in [0.15, 0.2) is 34.9 Å². The Morgan fingerprint density at radius 2 is 1.84 bits per heavy atom. The first kappa shape index (κ1) is 28.7. The molecule has 0 spiro atoms. The highest BCUT2D eigenvalue weighted by Gasteiger charge is 2.87. The Bertz CT molecular complexity index is 1130. The predicted octanol–water partition coefficient (Wildman–Crippen LogP) is 2.90. The van der Waals surface area contributed by atoms with Crippen LogP contribution in [-0.2, 0) is 23.9 Å². The molecule has 0 bridgehead atoms. The largest absolute Gasteiger partial charge is 0.454 e. The average Bonchev–Trinajstić information content (AvgIpc) is 3.26. The van der Waals surface area contributed by atoms with Gasteiger partial charge in [0.25, 0.3) is 0 Å². The molecule has 2 saturated carbocycles. The fourth-order valence-electron chi connectivity index (χ4n) is 7.54. The Hall–Kier alpha value is -2.29. The van der Waals surface area contributed by atoms with Crippen LogP contribution in [0.4, 0.5) is 0 Å². The molecule has 10 atom stereocenters. The summed E-state index contributed by atoms with van der Waals surface area (Å²) in [6.07, 6.45) is 3.69. The van der Waals surface area contributed by atoms with Gasteiger partial charge in [0.05, 0.1) is 24.2 Å². The van der Waals surface area contributed by atoms with E-state index in [9.17, 15) is 29.7 Å². The van der Waals surface area contributed by atoms with Crippen LogP contribution < -0.4 is 0 Å². The van der Waals surface area contributed by atoms with Crippen LogP contribution in [0.3, 0.4) is 0 Å². The van der Waals surface area contributed by atoms with Crippen molar-refractivity contribution in [3.8, 4) is 0 Å². The molecule has 4 rings (SSSR count). The number of aliphatic hydroxyl groups is 3. The van der Waals surface area contributed by atoms with Gasteiger partial charge in [-0.05, 0) is 52.2 Å². The summed E-state index contributed by atoms with van der Waals surface area (Å²) in [5, 5.41) is 33.0. The van der Waals surface area contributed by atoms with Gasteiger partial charge in [0.2, 0.25) is 0 Å². The van der Waals surface area contributed by atoms with Gasteiger partial charge in [-0.1, -0.05) is 39.0 Å². The molecule has 210 valence electrons. The maximum atomic E-state index is 13.3. The molecular weight excluding hydrogens is 488 g/mol. The normalized spacial score (nSPS) is 40.9. The van der Waals surface area contributed by atoms with E-state index in [0.29, 0.717) is 23.1 Å². The molecule has 0 amide bonds. The van der Waals surface area contributed by atoms with Gasteiger partial charge >= 0.3 is 11.9 Å². The van der Waals surface area contributed by atoms with Crippen molar-refractivity contribution in [1.82, 2.24) is 0 Å². The zero-order valence-electron chi connectivity index (χ0n) is 23.6. The standard InChI is InChI=1S/C30H42O8/c1-9-14(2)26(34)37-25-17(5)29(36)21-10-15(3)23(33)20(21)11-19(13-31)12-22(29)24-28(7,8)30(24,25)38-27(35)16(4)18(6)32/h9-10,12,16-18,20-22,24-25,31-32,36H,11,13H2,1-8H3/b14-9+/t16-,17+,18+,20+,21+,22-,24+,25+,29-,30+/m0/s1. The van der Waals surface area contributed by atoms with Crippen LogP contribution >= 0.6 is 0 Å². The highest BCUT2D eigenvalue weighted by atomic mass is 16.6. The van der Waals surface area contributed by atoms with E-state index in [1.165, 1.54) is 6.92 Å². The topological polar surface area (TPSA) is 130 Å². The lowest BCUT2D eigenvalue weighted by molar-refractivity contribution is -0.221. The van der Waals surface area contributed by atoms with Gasteiger partial charge in [0.15, 0.2) is 11.4 Å². The summed E-state index contributed by atoms with van der Waals surface area (Å²) < 4.78 is 12.4. The molecule has 0 heterocycles. The predicted molar refractivity (Wildman–Crippen MR) is 139 cm³/mol. The van der Waals surface area contributed by atoms with Crippen LogP contribution in [0.1, 0.15) is 61.8 Å². The summed E-state index contributed by atoms with van der Waals surface area (Å²) in [7, 11) is 0. The second-order valence-electron chi connectivity index (χ2n) is 12.5. The zero-order chi connectivity index (χ0) is 28.5. The summed E-state index contributed by atoms with van der Waals surface area (Å²) in [5.41, 5.74) is -1.89. The van der Waals surface area contributed by atoms with Gasteiger partial charge in [-0.25, -0.2) is 4.79 Å². The van der Waals surface area contributed by atoms with Crippen molar-refractivity contribution in [1.29, 1.82) is 0 Å². The Balaban J connectivity index is 1.91. The number of Topliss-reactive ketones (excluding diaryl/α,β-unsaturated/α-hetero) is 1. The second-order valence-corrected chi connectivity index (χ2v) is 12.5. The van der Waals surface area contributed by atoms with Crippen molar-refractivity contribution < 1.29 is 39.2 Å². The molecule has 4 aliphatic rings. The Morgan fingerprint density at radius 3 is 2.39 bits per heavy atom. The quantitative estimate of drug-likeness (QED) is 0.272. The number of rotatable bonds is 6. The Morgan fingerprint density at radius 1 is 1.21 bits per heavy atom. The highest BCUT2D eigenvalue weighted by Crippen LogP contribution is 2.77. The van der Waals surface area contributed by atoms with E-state index < -0.39 is 76.3 Å². The SMILES string of the molecule is C/C=C(\C)C(=O)O[C@@H]1[C@@H](C)[C@]2(O)[C@@H]3C=C(C)C(=O)[C@@H]3CC(CO)=C[C@H]2[C@@H]2C(C)(C)[C@]12OC(=O)[C@@H](C)[C@@H](C)O. The monoisotopic (exact) mass is 530 g/mol. The molecule has 0 saturated heterocycles. The lowest BCUT2D eigenvalue weighted by Crippen LogP contribution is -2.64. The number of ether oxygens (including phenoxy) is 2. The van der Waals surface area contributed by atoms with Crippen molar-refractivity contribution in [3.63, 3.8) is 0 Å². The van der Waals surface area contributed by atoms with Gasteiger partial charge in [-0.15, -0.1) is 0 Å². The Kier molecular flexibility index (Phi) is 7.12. The molecule has 4 aliphatic carbocycles. The molecule has 8 heteroatoms. The smallest absolute Gasteiger partial charge is 0.333 e. The van der Waals surface area contributed by atoms with Gasteiger partial charge in [0, 0.05) is 40.6 Å². The molecule has 0 aromatic carbocycles. The minimum Gasteiger partial charge on any atom is -0.454 e. The first-order chi connectivity index (χ1) is 17.6. The number of ketones is 1. The van der Waals surface area contributed by atoms with E-state index in [1.54, 1.807) is 40.7 Å². The number of esters is 2. The number of carbonyl (C=O) groups excluding carboxylic acids is 3. The molecule has 0 unspecified atom stereocenters. The molecule has 8 nitrogen and oxygen atoms in total. The molecular formula is C30H42O8. The van der Waals surface area contributed by atoms with Crippen LogP contribution in [0, 0.1) is 40.9 Å². The highest BCUT2D eigenvalue weighted by molar-refractivity contribution is 6.00. The van der Waals surface area contributed by atoms with Crippen molar-refractivity contribution in [2.24, 2.45) is 40.9 Å². The van der Waals surface area contributed by atoms with E-state index in [-0.39, 0.29) is 12.4 Å². The van der Waals surface area contributed by atoms with Crippen LogP contribution in [0.5, 0.6) is 0 Å². The summed E-state index contributed by atoms with van der Waals surface area (Å²) >= 11 is 0. The first-order valence-electron chi connectivity index (χ1n) is 13.6. The molecule has 2 fully saturated rings. The molecule has 0 aliphatic heterocycles. The van der Waals surface area contributed by atoms with E-state index in [2.05, 4.69) is 0 Å². The van der Waals surface area contributed by atoms with E-state index >= 15 is 0 Å². The zero-order valence-corrected chi connectivity index (χ0v) is 23.6. The molecule has 3 N–H and O–H groups in total. The number of allylic oxidation sites excluding steroid dienone is 2. The maximum Gasteiger partial charge on any atom is 0.333 e. The van der Waals surface area contributed by atoms with Crippen molar-refractivity contribution in [2.45, 2.75) is 85.2 Å². The third-order valence-electron chi connectivity index (χ3n) is 10.2. The fourth-order valence-corrected chi connectivity index (χ4v) is 7.54. The van der Waals surface area contributed by atoms with Gasteiger partial charge in [-0.2, -0.15) is 0 Å². The lowest BCUT2D eigenvalue weighted by Gasteiger charge is -2.52. The second kappa shape index (κ2) is 9.42. The van der Waals surface area contributed by atoms with Crippen molar-refractivity contribution in [2.75, 3.05) is 6.61 Å². The van der Waals surface area contributed by atoms with Gasteiger partial charge in [0.1, 0.15) is 6.10 Å². The molecule has 0 aromatic heterocycles. The molecule has 0 radical (unpaired) electrons. The number of fused-ring (bicyclic) bond motifs is 5. The van der Waals surface area contributed by atoms with E-state index in [1.807, 2.05) is 26.0 Å². The Labute approximate surface area is 224 Å². The minimum atomic E-state index is -1.51. The number of hydrogen-bond donors (Lipinski definition) is 3. The van der Waals surface area contributed by atoms with Crippen molar-refractivity contribution in [3.05, 3.63) is 34.9 Å². The van der Waals surface area contributed by atoms with Gasteiger partial charge in [-0.3, -0.25) is 9.59 Å². The third kappa shape index (κ3) is 3.78. The third-order valence-corrected chi connectivity index (χ3v) is 10.2. The first-order valence-corrected chi connectivity index (χ1v) is 13.6. The fraction of sp³-hybridized carbons (Fsp3) is 0.700. The van der Waals surface area contributed by atoms with E-state index in [0.717, 1.165) is 0 Å². The summed E-state index contributed by atoms with van der Waals surface area (Å²) in [6.45, 7) is 13.6. The summed E-state index contributed by atoms with van der Waals surface area (Å²) in [5.74, 6) is -4.91. The summed E-state index contributed by atoms with van der Waals surface area (Å²) in [6, 6.07) is 0. The molecule has 38 heavy (non-hydrogen) atoms. The van der Waals surface area contributed by atoms with Crippen LogP contribution in [0.25, 0.3) is 0 Å². The van der Waals surface area contributed by atoms with Crippen LogP contribution in [-0.4, -0.2) is 63.1 Å². The van der Waals surface area contributed by atoms with Crippen LogP contribution in [0.2, 0.25) is 0 Å². The number of aliphatic hydroxyl groups excluding tert-OH is 2. The number of carbonyl (C=O) groups is 3. The summed E-state index contributed by atoms with van der Waals surface area (Å²) in [4.78, 5) is 39.6. The van der Waals surface area contributed by atoms with E-state index in [4.69, 9.17) is 9.47 Å². The maximum absolute atomic E-state index is 13.3. The minimum absolute atomic E-state index is 0.0574. The van der Waals surface area contributed by atoms with Gasteiger partial charge < -0.3 is 24.8 Å². The average molecular weight is 531 g/mol. The molecule has 0 aromatic rings.